The van der Waals surface area contributed by atoms with E-state index in [-0.39, 0.29) is 0 Å². The molecule has 0 amide bonds. The molecule has 0 unspecified atom stereocenters. The van der Waals surface area contributed by atoms with Gasteiger partial charge >= 0.3 is 18.6 Å². The van der Waals surface area contributed by atoms with E-state index in [1.54, 1.807) is 0 Å². The fourth-order valence-electron chi connectivity index (χ4n) is 0.543. The molecule has 0 aliphatic heterocycles. The second kappa shape index (κ2) is 5.05. The van der Waals surface area contributed by atoms with Crippen LogP contribution in [-0.4, -0.2) is 39.9 Å². The molecular weight excluding hydrogens is 190 g/mol. The topological polar surface area (TPSA) is 54.0 Å². The summed E-state index contributed by atoms with van der Waals surface area (Å²) in [5.74, 6) is -1.79. The van der Waals surface area contributed by atoms with Gasteiger partial charge in [0.15, 0.2) is 0 Å². The first-order valence-electron chi connectivity index (χ1n) is 3.17. The number of methoxy groups -OCH3 is 3. The quantitative estimate of drug-likeness (QED) is 0.473. The molecule has 5 nitrogen and oxygen atoms in total. The van der Waals surface area contributed by atoms with Crippen molar-refractivity contribution in [2.24, 2.45) is 0 Å². The molecule has 0 aromatic heterocycles. The molecule has 0 aliphatic carbocycles. The number of rotatable bonds is 5. The molecule has 0 spiro atoms. The first kappa shape index (κ1) is 12.2. The Balaban J connectivity index is 4.33. The van der Waals surface area contributed by atoms with Gasteiger partial charge in [0.25, 0.3) is 0 Å². The van der Waals surface area contributed by atoms with Crippen LogP contribution in [-0.2, 0) is 23.7 Å². The van der Waals surface area contributed by atoms with E-state index >= 15 is 0 Å². The minimum absolute atomic E-state index is 1.08. The summed E-state index contributed by atoms with van der Waals surface area (Å²) in [6, 6.07) is 0. The number of alkyl halides is 2. The van der Waals surface area contributed by atoms with E-state index in [0.717, 1.165) is 21.3 Å². The zero-order chi connectivity index (χ0) is 10.5. The molecule has 0 N–H and O–H groups in total. The van der Waals surface area contributed by atoms with Crippen molar-refractivity contribution in [2.75, 3.05) is 21.3 Å². The van der Waals surface area contributed by atoms with Crippen molar-refractivity contribution in [3.05, 3.63) is 0 Å². The van der Waals surface area contributed by atoms with Crippen LogP contribution in [0, 0.1) is 0 Å². The molecule has 0 aliphatic rings. The van der Waals surface area contributed by atoms with Gasteiger partial charge in [-0.15, -0.1) is 0 Å². The molecule has 0 radical (unpaired) electrons. The van der Waals surface area contributed by atoms with E-state index in [1.165, 1.54) is 0 Å². The highest BCUT2D eigenvalue weighted by atomic mass is 19.3. The monoisotopic (exact) mass is 200 g/mol. The van der Waals surface area contributed by atoms with Crippen molar-refractivity contribution in [3.8, 4) is 0 Å². The molecule has 0 aromatic carbocycles. The van der Waals surface area contributed by atoms with Gasteiger partial charge < -0.3 is 4.74 Å². The van der Waals surface area contributed by atoms with Crippen molar-refractivity contribution in [3.63, 3.8) is 0 Å². The summed E-state index contributed by atoms with van der Waals surface area (Å²) in [6.45, 7) is 0. The number of carbonyl (C=O) groups excluding carboxylic acids is 1. The number of hydrogen-bond donors (Lipinski definition) is 0. The normalized spacial score (nSPS) is 11.8. The van der Waals surface area contributed by atoms with Crippen LogP contribution in [0.4, 0.5) is 8.78 Å². The Morgan fingerprint density at radius 3 is 1.77 bits per heavy atom. The van der Waals surface area contributed by atoms with Gasteiger partial charge in [-0.1, -0.05) is 0 Å². The van der Waals surface area contributed by atoms with E-state index in [4.69, 9.17) is 0 Å². The molecule has 0 fully saturated rings. The van der Waals surface area contributed by atoms with E-state index < -0.39 is 18.6 Å². The van der Waals surface area contributed by atoms with Crippen LogP contribution in [0.15, 0.2) is 0 Å². The molecular formula is C6H10F2O5. The molecule has 0 saturated heterocycles. The molecule has 0 saturated carbocycles. The molecule has 0 aromatic rings. The first-order valence-corrected chi connectivity index (χ1v) is 3.17. The molecule has 78 valence electrons. The van der Waals surface area contributed by atoms with Crippen molar-refractivity contribution in [1.29, 1.82) is 0 Å². The van der Waals surface area contributed by atoms with Gasteiger partial charge in [0.1, 0.15) is 0 Å². The number of esters is 1. The summed E-state index contributed by atoms with van der Waals surface area (Å²) in [6.07, 6.45) is -5.46. The lowest BCUT2D eigenvalue weighted by Crippen LogP contribution is -2.42. The van der Waals surface area contributed by atoms with Crippen LogP contribution < -0.4 is 0 Å². The lowest BCUT2D eigenvalue weighted by atomic mass is 10.7. The van der Waals surface area contributed by atoms with Gasteiger partial charge in [-0.25, -0.2) is 4.79 Å². The van der Waals surface area contributed by atoms with Gasteiger partial charge in [0.2, 0.25) is 0 Å². The van der Waals surface area contributed by atoms with Crippen molar-refractivity contribution >= 4 is 5.97 Å². The smallest absolute Gasteiger partial charge is 0.380 e. The fraction of sp³-hybridized carbons (Fsp3) is 0.833. The second-order valence-corrected chi connectivity index (χ2v) is 1.83. The number of carbonyl (C=O) groups is 1. The average molecular weight is 200 g/mol. The van der Waals surface area contributed by atoms with Crippen molar-refractivity contribution < 1.29 is 32.5 Å². The van der Waals surface area contributed by atoms with Gasteiger partial charge in [0, 0.05) is 21.3 Å². The van der Waals surface area contributed by atoms with E-state index in [2.05, 4.69) is 18.9 Å². The molecule has 0 atom stereocenters. The lowest BCUT2D eigenvalue weighted by Gasteiger charge is -2.26. The van der Waals surface area contributed by atoms with Gasteiger partial charge in [-0.2, -0.15) is 8.78 Å². The Hall–Kier alpha value is -0.790. The standard InChI is InChI=1S/C6H10F2O5/c1-10-6(11-2,12-3)13-5(9)4(7)8/h4H,1-3H3. The first-order chi connectivity index (χ1) is 6.01. The Morgan fingerprint density at radius 1 is 1.15 bits per heavy atom. The second-order valence-electron chi connectivity index (χ2n) is 1.83. The summed E-state index contributed by atoms with van der Waals surface area (Å²) in [5.41, 5.74) is 0. The zero-order valence-electron chi connectivity index (χ0n) is 7.37. The summed E-state index contributed by atoms with van der Waals surface area (Å²) in [7, 11) is 3.23. The summed E-state index contributed by atoms with van der Waals surface area (Å²) >= 11 is 0. The maximum atomic E-state index is 11.7. The number of hydrogen-bond acceptors (Lipinski definition) is 5. The average Bonchev–Trinajstić information content (AvgIpc) is 2.14. The highest BCUT2D eigenvalue weighted by Crippen LogP contribution is 2.15. The Kier molecular flexibility index (Phi) is 4.74. The van der Waals surface area contributed by atoms with Crippen LogP contribution in [0.3, 0.4) is 0 Å². The van der Waals surface area contributed by atoms with Crippen LogP contribution in [0.2, 0.25) is 0 Å². The van der Waals surface area contributed by atoms with E-state index in [1.807, 2.05) is 0 Å². The SMILES string of the molecule is COC(OC)(OC)OC(=O)C(F)F. The van der Waals surface area contributed by atoms with Crippen LogP contribution in [0.1, 0.15) is 0 Å². The molecule has 13 heavy (non-hydrogen) atoms. The third-order valence-corrected chi connectivity index (χ3v) is 1.15. The Bertz CT molecular complexity index is 160. The molecule has 0 heterocycles. The maximum Gasteiger partial charge on any atom is 0.462 e. The third kappa shape index (κ3) is 3.21. The largest absolute Gasteiger partial charge is 0.462 e. The highest BCUT2D eigenvalue weighted by Gasteiger charge is 2.38. The van der Waals surface area contributed by atoms with E-state index in [0.29, 0.717) is 0 Å². The predicted molar refractivity (Wildman–Crippen MR) is 35.9 cm³/mol. The van der Waals surface area contributed by atoms with Crippen LogP contribution in [0.25, 0.3) is 0 Å². The summed E-state index contributed by atoms with van der Waals surface area (Å²) in [4.78, 5) is 10.4. The molecule has 7 heteroatoms. The third-order valence-electron chi connectivity index (χ3n) is 1.15. The number of ether oxygens (including phenoxy) is 4. The highest BCUT2D eigenvalue weighted by molar-refractivity contribution is 5.72. The summed E-state index contributed by atoms with van der Waals surface area (Å²) < 4.78 is 40.9. The fourth-order valence-corrected chi connectivity index (χ4v) is 0.543. The lowest BCUT2D eigenvalue weighted by molar-refractivity contribution is -0.463. The van der Waals surface area contributed by atoms with Crippen LogP contribution in [0.5, 0.6) is 0 Å². The van der Waals surface area contributed by atoms with Gasteiger partial charge in [-0.3, -0.25) is 14.2 Å². The van der Waals surface area contributed by atoms with Gasteiger partial charge in [-0.05, 0) is 0 Å². The zero-order valence-corrected chi connectivity index (χ0v) is 7.37. The predicted octanol–water partition coefficient (Wildman–Crippen LogP) is 0.345. The maximum absolute atomic E-state index is 11.7. The Morgan fingerprint density at radius 2 is 1.54 bits per heavy atom. The van der Waals surface area contributed by atoms with Crippen molar-refractivity contribution in [2.45, 2.75) is 12.6 Å². The summed E-state index contributed by atoms with van der Waals surface area (Å²) in [5, 5.41) is 0. The van der Waals surface area contributed by atoms with Gasteiger partial charge in [0.05, 0.1) is 0 Å². The van der Waals surface area contributed by atoms with Crippen molar-refractivity contribution in [1.82, 2.24) is 0 Å². The van der Waals surface area contributed by atoms with Crippen LogP contribution >= 0.6 is 0 Å². The molecule has 0 rings (SSSR count). The molecule has 0 bridgehead atoms. The number of halogens is 2. The van der Waals surface area contributed by atoms with E-state index in [9.17, 15) is 13.6 Å². The Labute approximate surface area is 73.5 Å². The minimum Gasteiger partial charge on any atom is -0.380 e. The minimum atomic E-state index is -3.26.